The van der Waals surface area contributed by atoms with Crippen LogP contribution in [-0.2, 0) is 21.2 Å². The highest BCUT2D eigenvalue weighted by atomic mass is 32.2. The Morgan fingerprint density at radius 3 is 2.54 bits per heavy atom. The maximum Gasteiger partial charge on any atom is 0.237 e. The van der Waals surface area contributed by atoms with Crippen LogP contribution in [0.5, 0.6) is 0 Å². The Labute approximate surface area is 170 Å². The molecule has 1 aliphatic heterocycles. The molecule has 2 atom stereocenters. The molecule has 1 aliphatic carbocycles. The van der Waals surface area contributed by atoms with Crippen molar-refractivity contribution in [2.45, 2.75) is 37.9 Å². The van der Waals surface area contributed by atoms with Crippen LogP contribution in [0.2, 0.25) is 0 Å². The Morgan fingerprint density at radius 1 is 1.14 bits per heavy atom. The Hall–Kier alpha value is -1.70. The van der Waals surface area contributed by atoms with Crippen molar-refractivity contribution < 1.29 is 13.2 Å². The van der Waals surface area contributed by atoms with Crippen LogP contribution in [0.15, 0.2) is 47.8 Å². The van der Waals surface area contributed by atoms with Gasteiger partial charge in [0.25, 0.3) is 0 Å². The summed E-state index contributed by atoms with van der Waals surface area (Å²) < 4.78 is 23.9. The van der Waals surface area contributed by atoms with Crippen molar-refractivity contribution >= 4 is 27.1 Å². The van der Waals surface area contributed by atoms with Crippen molar-refractivity contribution in [1.29, 1.82) is 0 Å². The van der Waals surface area contributed by atoms with Gasteiger partial charge in [-0.05, 0) is 42.2 Å². The number of amides is 1. The van der Waals surface area contributed by atoms with Crippen LogP contribution < -0.4 is 5.32 Å². The average Bonchev–Trinajstić information content (AvgIpc) is 3.26. The SMILES string of the molecule is O=C(CNC(c1ccccc1)C1CC1)N(Cc1cccs1)C1CCS(=O)(=O)C1. The van der Waals surface area contributed by atoms with Gasteiger partial charge in [-0.1, -0.05) is 36.4 Å². The van der Waals surface area contributed by atoms with Crippen molar-refractivity contribution in [3.63, 3.8) is 0 Å². The fraction of sp³-hybridized carbons (Fsp3) is 0.476. The van der Waals surface area contributed by atoms with Gasteiger partial charge >= 0.3 is 0 Å². The van der Waals surface area contributed by atoms with Crippen molar-refractivity contribution in [3.8, 4) is 0 Å². The van der Waals surface area contributed by atoms with E-state index in [2.05, 4.69) is 17.4 Å². The lowest BCUT2D eigenvalue weighted by molar-refractivity contribution is -0.132. The monoisotopic (exact) mass is 418 g/mol. The third kappa shape index (κ3) is 4.82. The molecule has 1 aromatic heterocycles. The Balaban J connectivity index is 1.45. The van der Waals surface area contributed by atoms with Gasteiger partial charge < -0.3 is 10.2 Å². The molecule has 5 nitrogen and oxygen atoms in total. The number of carbonyl (C=O) groups excluding carboxylic acids is 1. The molecule has 0 radical (unpaired) electrons. The smallest absolute Gasteiger partial charge is 0.237 e. The zero-order chi connectivity index (χ0) is 19.6. The predicted molar refractivity (Wildman–Crippen MR) is 112 cm³/mol. The first-order valence-corrected chi connectivity index (χ1v) is 12.5. The molecule has 7 heteroatoms. The number of nitrogens with one attached hydrogen (secondary N) is 1. The maximum atomic E-state index is 13.1. The minimum absolute atomic E-state index is 0.0166. The molecular weight excluding hydrogens is 392 g/mol. The molecule has 2 unspecified atom stereocenters. The van der Waals surface area contributed by atoms with E-state index in [4.69, 9.17) is 0 Å². The molecule has 2 heterocycles. The molecule has 1 aromatic carbocycles. The molecule has 1 amide bonds. The van der Waals surface area contributed by atoms with Gasteiger partial charge in [-0.2, -0.15) is 0 Å². The highest BCUT2D eigenvalue weighted by Crippen LogP contribution is 2.40. The van der Waals surface area contributed by atoms with Crippen LogP contribution in [0.4, 0.5) is 0 Å². The van der Waals surface area contributed by atoms with Crippen LogP contribution in [0.1, 0.15) is 35.7 Å². The van der Waals surface area contributed by atoms with E-state index in [0.717, 1.165) is 4.88 Å². The summed E-state index contributed by atoms with van der Waals surface area (Å²) in [6.07, 6.45) is 2.89. The Kier molecular flexibility index (Phi) is 5.85. The molecule has 0 spiro atoms. The number of thiophene rings is 1. The minimum atomic E-state index is -3.04. The number of benzene rings is 1. The molecule has 1 N–H and O–H groups in total. The van der Waals surface area contributed by atoms with Crippen LogP contribution in [0, 0.1) is 5.92 Å². The largest absolute Gasteiger partial charge is 0.332 e. The van der Waals surface area contributed by atoms with E-state index < -0.39 is 9.84 Å². The number of sulfone groups is 1. The molecule has 2 aliphatic rings. The molecule has 2 aromatic rings. The highest BCUT2D eigenvalue weighted by molar-refractivity contribution is 7.91. The van der Waals surface area contributed by atoms with Crippen molar-refractivity contribution in [1.82, 2.24) is 10.2 Å². The van der Waals surface area contributed by atoms with E-state index in [0.29, 0.717) is 18.9 Å². The number of nitrogens with zero attached hydrogens (tertiary/aromatic N) is 1. The van der Waals surface area contributed by atoms with E-state index in [-0.39, 0.29) is 36.0 Å². The Morgan fingerprint density at radius 2 is 1.93 bits per heavy atom. The summed E-state index contributed by atoms with van der Waals surface area (Å²) in [5, 5.41) is 5.45. The lowest BCUT2D eigenvalue weighted by Gasteiger charge is -2.29. The van der Waals surface area contributed by atoms with E-state index >= 15 is 0 Å². The van der Waals surface area contributed by atoms with Gasteiger partial charge in [0.05, 0.1) is 24.6 Å². The van der Waals surface area contributed by atoms with Gasteiger partial charge in [-0.15, -0.1) is 11.3 Å². The molecule has 4 rings (SSSR count). The van der Waals surface area contributed by atoms with E-state index in [1.165, 1.54) is 18.4 Å². The van der Waals surface area contributed by atoms with Gasteiger partial charge in [0.2, 0.25) is 5.91 Å². The van der Waals surface area contributed by atoms with Gasteiger partial charge in [0.15, 0.2) is 9.84 Å². The quantitative estimate of drug-likeness (QED) is 0.716. The summed E-state index contributed by atoms with van der Waals surface area (Å²) in [7, 11) is -3.04. The van der Waals surface area contributed by atoms with Gasteiger partial charge in [0.1, 0.15) is 0 Å². The van der Waals surface area contributed by atoms with Crippen LogP contribution in [0.25, 0.3) is 0 Å². The molecule has 28 heavy (non-hydrogen) atoms. The van der Waals surface area contributed by atoms with Crippen LogP contribution >= 0.6 is 11.3 Å². The molecule has 150 valence electrons. The Bertz CT molecular complexity index is 893. The summed E-state index contributed by atoms with van der Waals surface area (Å²) >= 11 is 1.60. The second-order valence-electron chi connectivity index (χ2n) is 7.76. The summed E-state index contributed by atoms with van der Waals surface area (Å²) in [6, 6.07) is 14.2. The predicted octanol–water partition coefficient (Wildman–Crippen LogP) is 3.00. The fourth-order valence-electron chi connectivity index (χ4n) is 3.96. The van der Waals surface area contributed by atoms with Crippen LogP contribution in [-0.4, -0.2) is 43.3 Å². The molecule has 0 bridgehead atoms. The first-order valence-electron chi connectivity index (χ1n) is 9.82. The van der Waals surface area contributed by atoms with Gasteiger partial charge in [0, 0.05) is 17.0 Å². The molecule has 1 saturated heterocycles. The number of carbonyl (C=O) groups is 1. The molecule has 2 fully saturated rings. The van der Waals surface area contributed by atoms with Crippen molar-refractivity contribution in [2.75, 3.05) is 18.1 Å². The van der Waals surface area contributed by atoms with Gasteiger partial charge in [-0.3, -0.25) is 4.79 Å². The maximum absolute atomic E-state index is 13.1. The standard InChI is InChI=1S/C21H26N2O3S2/c24-20(13-22-21(17-8-9-17)16-5-2-1-3-6-16)23(14-19-7-4-11-27-19)18-10-12-28(25,26)15-18/h1-7,11,17-18,21-22H,8-10,12-15H2. The number of hydrogen-bond donors (Lipinski definition) is 1. The second-order valence-corrected chi connectivity index (χ2v) is 11.0. The normalized spacial score (nSPS) is 22.1. The lowest BCUT2D eigenvalue weighted by Crippen LogP contribution is -2.45. The lowest BCUT2D eigenvalue weighted by atomic mass is 10.0. The molecule has 1 saturated carbocycles. The minimum Gasteiger partial charge on any atom is -0.332 e. The zero-order valence-electron chi connectivity index (χ0n) is 15.8. The number of hydrogen-bond acceptors (Lipinski definition) is 5. The fourth-order valence-corrected chi connectivity index (χ4v) is 6.39. The third-order valence-electron chi connectivity index (χ3n) is 5.60. The average molecular weight is 419 g/mol. The van der Waals surface area contributed by atoms with E-state index in [9.17, 15) is 13.2 Å². The van der Waals surface area contributed by atoms with E-state index in [1.54, 1.807) is 16.2 Å². The van der Waals surface area contributed by atoms with E-state index in [1.807, 2.05) is 35.7 Å². The second kappa shape index (κ2) is 8.35. The highest BCUT2D eigenvalue weighted by Gasteiger charge is 2.36. The van der Waals surface area contributed by atoms with Crippen molar-refractivity contribution in [2.24, 2.45) is 5.92 Å². The third-order valence-corrected chi connectivity index (χ3v) is 8.21. The summed E-state index contributed by atoms with van der Waals surface area (Å²) in [6.45, 7) is 0.718. The van der Waals surface area contributed by atoms with Crippen molar-refractivity contribution in [3.05, 3.63) is 58.3 Å². The number of rotatable bonds is 8. The first-order chi connectivity index (χ1) is 13.5. The topological polar surface area (TPSA) is 66.5 Å². The van der Waals surface area contributed by atoms with Crippen LogP contribution in [0.3, 0.4) is 0 Å². The zero-order valence-corrected chi connectivity index (χ0v) is 17.4. The summed E-state index contributed by atoms with van der Waals surface area (Å²) in [5.74, 6) is 0.813. The first kappa shape index (κ1) is 19.6. The summed E-state index contributed by atoms with van der Waals surface area (Å²) in [4.78, 5) is 16.0. The molecular formula is C21H26N2O3S2. The van der Waals surface area contributed by atoms with Gasteiger partial charge in [-0.25, -0.2) is 8.42 Å². The summed E-state index contributed by atoms with van der Waals surface area (Å²) in [5.41, 5.74) is 1.21.